The predicted molar refractivity (Wildman–Crippen MR) is 134 cm³/mol. The molecule has 0 radical (unpaired) electrons. The minimum atomic E-state index is -0.535. The molecule has 1 aliphatic heterocycles. The predicted octanol–water partition coefficient (Wildman–Crippen LogP) is 2.98. The van der Waals surface area contributed by atoms with Crippen LogP contribution < -0.4 is 0 Å². The first-order valence-corrected chi connectivity index (χ1v) is 12.3. The Labute approximate surface area is 212 Å². The molecule has 3 atom stereocenters. The Morgan fingerprint density at radius 1 is 1.05 bits per heavy atom. The molecule has 0 bridgehead atoms. The number of aryl methyl sites for hydroxylation is 2. The van der Waals surface area contributed by atoms with Gasteiger partial charge in [0.15, 0.2) is 5.78 Å². The van der Waals surface area contributed by atoms with Crippen LogP contribution in [0.15, 0.2) is 42.9 Å². The van der Waals surface area contributed by atoms with Crippen molar-refractivity contribution in [3.8, 4) is 11.3 Å². The molecule has 4 aromatic rings. The van der Waals surface area contributed by atoms with E-state index in [0.717, 1.165) is 12.0 Å². The third-order valence-electron chi connectivity index (χ3n) is 7.21. The second-order valence-electron chi connectivity index (χ2n) is 9.77. The number of fused-ring (bicyclic) bond motifs is 2. The highest BCUT2D eigenvalue weighted by molar-refractivity contribution is 6.06. The molecule has 10 heteroatoms. The van der Waals surface area contributed by atoms with Gasteiger partial charge in [-0.2, -0.15) is 5.10 Å². The molecule has 1 aliphatic carbocycles. The van der Waals surface area contributed by atoms with Crippen LogP contribution in [0.3, 0.4) is 0 Å². The second kappa shape index (κ2) is 8.65. The van der Waals surface area contributed by atoms with Crippen LogP contribution in [0, 0.1) is 19.8 Å². The molecule has 1 saturated heterocycles. The summed E-state index contributed by atoms with van der Waals surface area (Å²) in [5.41, 5.74) is 3.24. The molecular weight excluding hydrogens is 470 g/mol. The standard InChI is InChI=1S/C27H25N7O3/c1-14-26-19(10-21(31-14)18-11-29-16(3)30-12-18)25(15(2)35)32-33(26)13-24(36)34-22-8-17(22)9-23(34)27(37)20-6-4-5-7-28-20/h4-7,10-12,17,22-23H,8-9,13H2,1-3H3/t17-,22-,23+/m1/s1. The molecular formula is C27H25N7O3. The Morgan fingerprint density at radius 3 is 2.54 bits per heavy atom. The molecule has 0 aromatic carbocycles. The molecule has 0 N–H and O–H groups in total. The van der Waals surface area contributed by atoms with Crippen LogP contribution in [0.1, 0.15) is 52.3 Å². The SMILES string of the molecule is CC(=O)c1nn(CC(=O)N2[C@@H]3C[C@@H]3C[C@H]2C(=O)c2ccccn2)c2c(C)nc(-c3cnc(C)nc3)cc12. The van der Waals surface area contributed by atoms with Gasteiger partial charge in [-0.3, -0.25) is 29.0 Å². The fourth-order valence-electron chi connectivity index (χ4n) is 5.38. The number of piperidine rings is 1. The summed E-state index contributed by atoms with van der Waals surface area (Å²) in [6, 6.07) is 6.53. The smallest absolute Gasteiger partial charge is 0.245 e. The quantitative estimate of drug-likeness (QED) is 0.374. The van der Waals surface area contributed by atoms with Crippen molar-refractivity contribution in [2.24, 2.45) is 5.92 Å². The van der Waals surface area contributed by atoms with Gasteiger partial charge in [-0.25, -0.2) is 9.97 Å². The van der Waals surface area contributed by atoms with Crippen LogP contribution >= 0.6 is 0 Å². The van der Waals surface area contributed by atoms with Gasteiger partial charge in [-0.1, -0.05) is 6.07 Å². The highest BCUT2D eigenvalue weighted by Gasteiger charge is 2.56. The van der Waals surface area contributed by atoms with Crippen molar-refractivity contribution < 1.29 is 14.4 Å². The molecule has 1 amide bonds. The number of hydrogen-bond donors (Lipinski definition) is 0. The average molecular weight is 496 g/mol. The number of carbonyl (C=O) groups is 3. The Bertz CT molecular complexity index is 1560. The molecule has 10 nitrogen and oxygen atoms in total. The first-order chi connectivity index (χ1) is 17.8. The Kier molecular flexibility index (Phi) is 5.40. The first-order valence-electron chi connectivity index (χ1n) is 12.3. The Balaban J connectivity index is 1.35. The van der Waals surface area contributed by atoms with E-state index in [9.17, 15) is 14.4 Å². The maximum absolute atomic E-state index is 13.6. The molecule has 6 rings (SSSR count). The third-order valence-corrected chi connectivity index (χ3v) is 7.21. The normalized spacial score (nSPS) is 20.2. The molecule has 186 valence electrons. The zero-order valence-electron chi connectivity index (χ0n) is 20.8. The van der Waals surface area contributed by atoms with E-state index in [1.165, 1.54) is 6.92 Å². The summed E-state index contributed by atoms with van der Waals surface area (Å²) in [6.45, 7) is 5.00. The van der Waals surface area contributed by atoms with Crippen molar-refractivity contribution in [3.63, 3.8) is 0 Å². The van der Waals surface area contributed by atoms with E-state index in [-0.39, 0.29) is 35.8 Å². The third kappa shape index (κ3) is 3.98. The number of ketones is 2. The van der Waals surface area contributed by atoms with Crippen molar-refractivity contribution in [1.29, 1.82) is 0 Å². The lowest BCUT2D eigenvalue weighted by Gasteiger charge is -2.26. The number of rotatable bonds is 6. The lowest BCUT2D eigenvalue weighted by atomic mass is 10.0. The van der Waals surface area contributed by atoms with E-state index in [1.807, 2.05) is 6.92 Å². The van der Waals surface area contributed by atoms with Gasteiger partial charge in [0.25, 0.3) is 0 Å². The first kappa shape index (κ1) is 23.1. The lowest BCUT2D eigenvalue weighted by Crippen LogP contribution is -2.45. The fourth-order valence-corrected chi connectivity index (χ4v) is 5.38. The molecule has 2 aliphatic rings. The van der Waals surface area contributed by atoms with E-state index in [4.69, 9.17) is 4.98 Å². The largest absolute Gasteiger partial charge is 0.327 e. The van der Waals surface area contributed by atoms with Gasteiger partial charge in [0.1, 0.15) is 23.8 Å². The van der Waals surface area contributed by atoms with E-state index in [2.05, 4.69) is 20.1 Å². The van der Waals surface area contributed by atoms with Crippen LogP contribution in [0.2, 0.25) is 0 Å². The minimum Gasteiger partial charge on any atom is -0.327 e. The molecule has 37 heavy (non-hydrogen) atoms. The van der Waals surface area contributed by atoms with Gasteiger partial charge < -0.3 is 4.90 Å². The van der Waals surface area contributed by atoms with Gasteiger partial charge in [0, 0.05) is 42.5 Å². The maximum atomic E-state index is 13.6. The van der Waals surface area contributed by atoms with Gasteiger partial charge in [0.05, 0.1) is 22.9 Å². The molecule has 0 unspecified atom stereocenters. The number of amides is 1. The van der Waals surface area contributed by atoms with Gasteiger partial charge in [-0.15, -0.1) is 0 Å². The van der Waals surface area contributed by atoms with E-state index >= 15 is 0 Å². The van der Waals surface area contributed by atoms with Crippen molar-refractivity contribution in [1.82, 2.24) is 34.6 Å². The number of carbonyl (C=O) groups excluding carboxylic acids is 3. The lowest BCUT2D eigenvalue weighted by molar-refractivity contribution is -0.133. The number of aromatic nitrogens is 6. The topological polar surface area (TPSA) is 124 Å². The zero-order valence-corrected chi connectivity index (χ0v) is 20.8. The second-order valence-corrected chi connectivity index (χ2v) is 9.77. The number of nitrogens with zero attached hydrogens (tertiary/aromatic N) is 7. The molecule has 1 saturated carbocycles. The van der Waals surface area contributed by atoms with E-state index in [1.54, 1.807) is 59.4 Å². The van der Waals surface area contributed by atoms with Crippen LogP contribution in [0.25, 0.3) is 22.2 Å². The maximum Gasteiger partial charge on any atom is 0.245 e. The highest BCUT2D eigenvalue weighted by atomic mass is 16.2. The summed E-state index contributed by atoms with van der Waals surface area (Å²) in [4.78, 5) is 58.4. The van der Waals surface area contributed by atoms with Crippen LogP contribution in [0.4, 0.5) is 0 Å². The van der Waals surface area contributed by atoms with Gasteiger partial charge in [0.2, 0.25) is 11.7 Å². The summed E-state index contributed by atoms with van der Waals surface area (Å²) in [5.74, 6) is 0.441. The van der Waals surface area contributed by atoms with Crippen molar-refractivity contribution in [2.75, 3.05) is 0 Å². The van der Waals surface area contributed by atoms with Crippen molar-refractivity contribution in [3.05, 3.63) is 65.8 Å². The summed E-state index contributed by atoms with van der Waals surface area (Å²) >= 11 is 0. The molecule has 5 heterocycles. The number of likely N-dealkylation sites (tertiary alicyclic amines) is 1. The van der Waals surface area contributed by atoms with Crippen molar-refractivity contribution in [2.45, 2.75) is 52.2 Å². The average Bonchev–Trinajstić information content (AvgIpc) is 3.39. The summed E-state index contributed by atoms with van der Waals surface area (Å²) in [6.07, 6.45) is 6.51. The summed E-state index contributed by atoms with van der Waals surface area (Å²) in [7, 11) is 0. The minimum absolute atomic E-state index is 0.0617. The number of Topliss-reactive ketones (excluding diaryl/α,β-unsaturated/α-hetero) is 2. The van der Waals surface area contributed by atoms with Crippen molar-refractivity contribution >= 4 is 28.4 Å². The van der Waals surface area contributed by atoms with Gasteiger partial charge in [-0.05, 0) is 50.8 Å². The number of pyridine rings is 2. The monoisotopic (exact) mass is 495 g/mol. The Hall–Kier alpha value is -4.34. The van der Waals surface area contributed by atoms with E-state index in [0.29, 0.717) is 46.1 Å². The van der Waals surface area contributed by atoms with E-state index < -0.39 is 6.04 Å². The van der Waals surface area contributed by atoms with Crippen LogP contribution in [-0.2, 0) is 11.3 Å². The molecule has 4 aromatic heterocycles. The summed E-state index contributed by atoms with van der Waals surface area (Å²) in [5, 5.41) is 5.15. The van der Waals surface area contributed by atoms with Crippen LogP contribution in [-0.4, -0.2) is 64.2 Å². The summed E-state index contributed by atoms with van der Waals surface area (Å²) < 4.78 is 1.55. The number of hydrogen-bond acceptors (Lipinski definition) is 8. The Morgan fingerprint density at radius 2 is 1.84 bits per heavy atom. The molecule has 2 fully saturated rings. The molecule has 0 spiro atoms. The highest BCUT2D eigenvalue weighted by Crippen LogP contribution is 2.48. The zero-order chi connectivity index (χ0) is 25.8. The fraction of sp³-hybridized carbons (Fsp3) is 0.333. The van der Waals surface area contributed by atoms with Crippen LogP contribution in [0.5, 0.6) is 0 Å². The van der Waals surface area contributed by atoms with Gasteiger partial charge >= 0.3 is 0 Å².